The van der Waals surface area contributed by atoms with Crippen molar-refractivity contribution in [2.75, 3.05) is 5.32 Å². The van der Waals surface area contributed by atoms with E-state index in [1.807, 2.05) is 53.9 Å². The molecule has 1 N–H and O–H groups in total. The third-order valence-electron chi connectivity index (χ3n) is 4.28. The molecule has 3 rings (SSSR count). The summed E-state index contributed by atoms with van der Waals surface area (Å²) in [5.41, 5.74) is 3.04. The van der Waals surface area contributed by atoms with Crippen molar-refractivity contribution in [3.05, 3.63) is 64.5 Å². The first-order valence-corrected chi connectivity index (χ1v) is 10.3. The van der Waals surface area contributed by atoms with Crippen LogP contribution >= 0.6 is 22.9 Å². The summed E-state index contributed by atoms with van der Waals surface area (Å²) >= 11 is 7.29. The Morgan fingerprint density at radius 3 is 2.36 bits per heavy atom. The lowest BCUT2D eigenvalue weighted by Crippen LogP contribution is -2.30. The van der Waals surface area contributed by atoms with E-state index in [9.17, 15) is 4.79 Å². The molecule has 1 atom stereocenters. The molecule has 1 heterocycles. The number of carbonyl (C=O) groups excluding carboxylic acids is 1. The van der Waals surface area contributed by atoms with Gasteiger partial charge in [-0.15, -0.1) is 11.3 Å². The second-order valence-corrected chi connectivity index (χ2v) is 8.86. The van der Waals surface area contributed by atoms with Gasteiger partial charge in [-0.2, -0.15) is 0 Å². The largest absolute Gasteiger partial charge is 0.481 e. The van der Waals surface area contributed by atoms with Gasteiger partial charge in [0.2, 0.25) is 0 Å². The van der Waals surface area contributed by atoms with Gasteiger partial charge in [0.15, 0.2) is 11.2 Å². The van der Waals surface area contributed by atoms with Crippen molar-refractivity contribution in [1.29, 1.82) is 0 Å². The summed E-state index contributed by atoms with van der Waals surface area (Å²) in [5, 5.41) is 5.93. The number of benzene rings is 2. The third kappa shape index (κ3) is 5.12. The van der Waals surface area contributed by atoms with Gasteiger partial charge in [-0.05, 0) is 42.2 Å². The van der Waals surface area contributed by atoms with Crippen LogP contribution in [0.5, 0.6) is 5.75 Å². The van der Waals surface area contributed by atoms with Crippen LogP contribution in [0.2, 0.25) is 5.02 Å². The number of halogens is 1. The molecule has 1 unspecified atom stereocenters. The Bertz CT molecular complexity index is 944. The van der Waals surface area contributed by atoms with Gasteiger partial charge >= 0.3 is 0 Å². The minimum atomic E-state index is -0.636. The Hall–Kier alpha value is -2.37. The summed E-state index contributed by atoms with van der Waals surface area (Å²) in [4.78, 5) is 16.9. The first kappa shape index (κ1) is 20.4. The zero-order valence-corrected chi connectivity index (χ0v) is 17.9. The fourth-order valence-electron chi connectivity index (χ4n) is 2.58. The van der Waals surface area contributed by atoms with E-state index >= 15 is 0 Å². The molecule has 0 aliphatic carbocycles. The molecule has 0 saturated heterocycles. The van der Waals surface area contributed by atoms with Gasteiger partial charge in [-0.25, -0.2) is 4.98 Å². The summed E-state index contributed by atoms with van der Waals surface area (Å²) in [6.45, 7) is 8.20. The normalized spacial score (nSPS) is 12.5. The molecule has 28 heavy (non-hydrogen) atoms. The van der Waals surface area contributed by atoms with Crippen LogP contribution in [0.3, 0.4) is 0 Å². The molecule has 3 aromatic rings. The van der Waals surface area contributed by atoms with Crippen molar-refractivity contribution >= 4 is 34.0 Å². The summed E-state index contributed by atoms with van der Waals surface area (Å²) in [7, 11) is 0. The Kier molecular flexibility index (Phi) is 6.06. The van der Waals surface area contributed by atoms with E-state index in [1.165, 1.54) is 16.9 Å². The van der Waals surface area contributed by atoms with E-state index in [4.69, 9.17) is 16.3 Å². The highest BCUT2D eigenvalue weighted by atomic mass is 35.5. The zero-order valence-electron chi connectivity index (χ0n) is 16.3. The lowest BCUT2D eigenvalue weighted by Gasteiger charge is -2.20. The third-order valence-corrected chi connectivity index (χ3v) is 5.29. The maximum atomic E-state index is 12.4. The average Bonchev–Trinajstić information content (AvgIpc) is 3.10. The van der Waals surface area contributed by atoms with Crippen molar-refractivity contribution in [2.45, 2.75) is 39.2 Å². The van der Waals surface area contributed by atoms with Gasteiger partial charge in [0, 0.05) is 16.0 Å². The molecule has 0 aliphatic rings. The van der Waals surface area contributed by atoms with Crippen molar-refractivity contribution < 1.29 is 9.53 Å². The van der Waals surface area contributed by atoms with Crippen LogP contribution in [-0.4, -0.2) is 17.0 Å². The number of amides is 1. The molecule has 0 bridgehead atoms. The van der Waals surface area contributed by atoms with Gasteiger partial charge in [-0.1, -0.05) is 56.6 Å². The van der Waals surface area contributed by atoms with Crippen LogP contribution in [0.4, 0.5) is 5.13 Å². The van der Waals surface area contributed by atoms with Crippen LogP contribution in [0, 0.1) is 0 Å². The highest BCUT2D eigenvalue weighted by molar-refractivity contribution is 7.14. The van der Waals surface area contributed by atoms with E-state index in [-0.39, 0.29) is 11.3 Å². The van der Waals surface area contributed by atoms with Crippen LogP contribution in [0.25, 0.3) is 11.3 Å². The van der Waals surface area contributed by atoms with E-state index in [2.05, 4.69) is 31.1 Å². The second-order valence-electron chi connectivity index (χ2n) is 7.57. The van der Waals surface area contributed by atoms with Gasteiger partial charge < -0.3 is 4.74 Å². The molecule has 0 aliphatic heterocycles. The molecular formula is C22H23ClN2O2S. The fourth-order valence-corrected chi connectivity index (χ4v) is 3.43. The number of thiazole rings is 1. The van der Waals surface area contributed by atoms with Crippen LogP contribution in [0.1, 0.15) is 33.3 Å². The Morgan fingerprint density at radius 2 is 1.75 bits per heavy atom. The first-order chi connectivity index (χ1) is 13.2. The first-order valence-electron chi connectivity index (χ1n) is 9.02. The molecule has 0 saturated carbocycles. The average molecular weight is 415 g/mol. The number of aromatic nitrogens is 1. The predicted octanol–water partition coefficient (Wildman–Crippen LogP) is 6.17. The molecule has 2 aromatic carbocycles. The topological polar surface area (TPSA) is 51.2 Å². The van der Waals surface area contributed by atoms with E-state index < -0.39 is 6.10 Å². The maximum Gasteiger partial charge on any atom is 0.266 e. The van der Waals surface area contributed by atoms with Crippen LogP contribution < -0.4 is 10.1 Å². The van der Waals surface area contributed by atoms with Gasteiger partial charge in [0.05, 0.1) is 5.69 Å². The zero-order chi connectivity index (χ0) is 20.3. The Balaban J connectivity index is 1.61. The van der Waals surface area contributed by atoms with E-state index in [0.717, 1.165) is 11.3 Å². The van der Waals surface area contributed by atoms with Gasteiger partial charge in [0.1, 0.15) is 5.75 Å². The Labute approximate surface area is 174 Å². The summed E-state index contributed by atoms with van der Waals surface area (Å²) in [5.74, 6) is 0.425. The molecule has 0 fully saturated rings. The lowest BCUT2D eigenvalue weighted by molar-refractivity contribution is -0.122. The number of hydrogen-bond acceptors (Lipinski definition) is 4. The number of ether oxygens (including phenoxy) is 1. The summed E-state index contributed by atoms with van der Waals surface area (Å²) in [6, 6.07) is 15.3. The fraction of sp³-hybridized carbons (Fsp3) is 0.273. The van der Waals surface area contributed by atoms with E-state index in [1.54, 1.807) is 6.92 Å². The van der Waals surface area contributed by atoms with Gasteiger partial charge in [-0.3, -0.25) is 10.1 Å². The lowest BCUT2D eigenvalue weighted by atomic mass is 9.87. The predicted molar refractivity (Wildman–Crippen MR) is 116 cm³/mol. The summed E-state index contributed by atoms with van der Waals surface area (Å²) in [6.07, 6.45) is -0.636. The molecule has 1 amide bonds. The minimum Gasteiger partial charge on any atom is -0.481 e. The number of anilines is 1. The second kappa shape index (κ2) is 8.33. The van der Waals surface area contributed by atoms with Crippen LogP contribution in [0.15, 0.2) is 53.9 Å². The highest BCUT2D eigenvalue weighted by Crippen LogP contribution is 2.27. The maximum absolute atomic E-state index is 12.4. The van der Waals surface area contributed by atoms with Crippen molar-refractivity contribution in [1.82, 2.24) is 4.98 Å². The number of nitrogens with zero attached hydrogens (tertiary/aromatic N) is 1. The summed E-state index contributed by atoms with van der Waals surface area (Å²) < 4.78 is 5.77. The SMILES string of the molecule is CC(Oc1ccc(C(C)(C)C)cc1)C(=O)Nc1nc(-c2ccc(Cl)cc2)cs1. The number of hydrogen-bond donors (Lipinski definition) is 1. The molecule has 146 valence electrons. The minimum absolute atomic E-state index is 0.0775. The number of nitrogens with one attached hydrogen (secondary N) is 1. The van der Waals surface area contributed by atoms with Crippen molar-refractivity contribution in [3.8, 4) is 17.0 Å². The molecule has 0 spiro atoms. The van der Waals surface area contributed by atoms with Gasteiger partial charge in [0.25, 0.3) is 5.91 Å². The molecule has 6 heteroatoms. The molecule has 0 radical (unpaired) electrons. The molecular weight excluding hydrogens is 392 g/mol. The monoisotopic (exact) mass is 414 g/mol. The van der Waals surface area contributed by atoms with Crippen molar-refractivity contribution in [2.24, 2.45) is 0 Å². The van der Waals surface area contributed by atoms with Crippen LogP contribution in [-0.2, 0) is 10.2 Å². The number of rotatable bonds is 5. The highest BCUT2D eigenvalue weighted by Gasteiger charge is 2.18. The smallest absolute Gasteiger partial charge is 0.266 e. The number of carbonyl (C=O) groups is 1. The van der Waals surface area contributed by atoms with E-state index in [0.29, 0.717) is 15.9 Å². The molecule has 4 nitrogen and oxygen atoms in total. The standard InChI is InChI=1S/C22H23ClN2O2S/c1-14(27-18-11-7-16(8-12-18)22(2,3)4)20(26)25-21-24-19(13-28-21)15-5-9-17(23)10-6-15/h5-14H,1-4H3,(H,24,25,26). The Morgan fingerprint density at radius 1 is 1.11 bits per heavy atom. The quantitative estimate of drug-likeness (QED) is 0.543. The molecule has 1 aromatic heterocycles. The van der Waals surface area contributed by atoms with Crippen molar-refractivity contribution in [3.63, 3.8) is 0 Å².